The predicted molar refractivity (Wildman–Crippen MR) is 105 cm³/mol. The minimum atomic E-state index is 0.0171. The highest BCUT2D eigenvalue weighted by molar-refractivity contribution is 6.08. The van der Waals surface area contributed by atoms with E-state index in [1.165, 1.54) is 5.56 Å². The average molecular weight is 343 g/mol. The van der Waals surface area contributed by atoms with Crippen LogP contribution in [0.5, 0.6) is 0 Å². The van der Waals surface area contributed by atoms with E-state index in [-0.39, 0.29) is 11.8 Å². The number of rotatable bonds is 5. The lowest BCUT2D eigenvalue weighted by Gasteiger charge is -2.13. The maximum absolute atomic E-state index is 12.5. The summed E-state index contributed by atoms with van der Waals surface area (Å²) in [4.78, 5) is 12.5. The van der Waals surface area contributed by atoms with E-state index < -0.39 is 0 Å². The first-order valence-corrected chi connectivity index (χ1v) is 8.92. The number of furan rings is 1. The predicted octanol–water partition coefficient (Wildman–Crippen LogP) is 5.05. The summed E-state index contributed by atoms with van der Waals surface area (Å²) in [5, 5.41) is 6.37. The molecule has 0 spiro atoms. The Kier molecular flexibility index (Phi) is 4.44. The van der Waals surface area contributed by atoms with Gasteiger partial charge in [-0.1, -0.05) is 67.6 Å². The van der Waals surface area contributed by atoms with E-state index in [4.69, 9.17) is 4.42 Å². The molecular formula is C23H21NO2. The number of amides is 1. The molecular weight excluding hydrogens is 322 g/mol. The Morgan fingerprint density at radius 1 is 1.00 bits per heavy atom. The summed E-state index contributed by atoms with van der Waals surface area (Å²) in [5.41, 5.74) is 2.98. The second kappa shape index (κ2) is 7.04. The number of hydrogen-bond acceptors (Lipinski definition) is 2. The van der Waals surface area contributed by atoms with Crippen molar-refractivity contribution >= 4 is 27.6 Å². The Labute approximate surface area is 152 Å². The fraction of sp³-hybridized carbons (Fsp3) is 0.174. The summed E-state index contributed by atoms with van der Waals surface area (Å²) in [6.07, 6.45) is 2.03. The van der Waals surface area contributed by atoms with Crippen molar-refractivity contribution in [3.8, 4) is 0 Å². The number of carbonyl (C=O) groups is 1. The summed E-state index contributed by atoms with van der Waals surface area (Å²) in [7, 11) is 0. The van der Waals surface area contributed by atoms with Crippen molar-refractivity contribution in [2.24, 2.45) is 0 Å². The van der Waals surface area contributed by atoms with Crippen molar-refractivity contribution in [2.45, 2.75) is 19.3 Å². The smallest absolute Gasteiger partial charge is 0.224 e. The third-order valence-corrected chi connectivity index (χ3v) is 4.87. The molecule has 0 radical (unpaired) electrons. The molecule has 1 heterocycles. The minimum absolute atomic E-state index is 0.0171. The van der Waals surface area contributed by atoms with Gasteiger partial charge in [-0.3, -0.25) is 4.79 Å². The molecule has 26 heavy (non-hydrogen) atoms. The third kappa shape index (κ3) is 3.21. The van der Waals surface area contributed by atoms with Gasteiger partial charge in [-0.2, -0.15) is 0 Å². The van der Waals surface area contributed by atoms with Crippen molar-refractivity contribution in [3.63, 3.8) is 0 Å². The first-order valence-electron chi connectivity index (χ1n) is 8.92. The van der Waals surface area contributed by atoms with Gasteiger partial charge >= 0.3 is 0 Å². The van der Waals surface area contributed by atoms with E-state index in [1.54, 1.807) is 6.26 Å². The van der Waals surface area contributed by atoms with Gasteiger partial charge in [-0.05, 0) is 28.3 Å². The Bertz CT molecular complexity index is 1050. The molecule has 1 atom stereocenters. The van der Waals surface area contributed by atoms with Gasteiger partial charge < -0.3 is 9.73 Å². The van der Waals surface area contributed by atoms with Crippen LogP contribution in [0.1, 0.15) is 24.0 Å². The van der Waals surface area contributed by atoms with Crippen LogP contribution in [0.4, 0.5) is 0 Å². The normalized spacial score (nSPS) is 12.3. The number of hydrogen-bond donors (Lipinski definition) is 1. The molecule has 130 valence electrons. The molecule has 4 rings (SSSR count). The zero-order valence-corrected chi connectivity index (χ0v) is 14.7. The van der Waals surface area contributed by atoms with Crippen LogP contribution in [0.25, 0.3) is 21.7 Å². The number of carbonyl (C=O) groups excluding carboxylic acids is 1. The third-order valence-electron chi connectivity index (χ3n) is 4.87. The zero-order chi connectivity index (χ0) is 17.9. The highest BCUT2D eigenvalue weighted by Crippen LogP contribution is 2.30. The zero-order valence-electron chi connectivity index (χ0n) is 14.7. The number of benzene rings is 3. The molecule has 1 aromatic heterocycles. The van der Waals surface area contributed by atoms with Crippen LogP contribution in [0.3, 0.4) is 0 Å². The Morgan fingerprint density at radius 3 is 2.62 bits per heavy atom. The lowest BCUT2D eigenvalue weighted by Crippen LogP contribution is -2.28. The topological polar surface area (TPSA) is 42.2 Å². The molecule has 3 nitrogen and oxygen atoms in total. The summed E-state index contributed by atoms with van der Waals surface area (Å²) in [5.74, 6) is 0.297. The SMILES string of the molecule is C[C@H](CNC(=O)Cc1coc2ccc3ccccc3c12)c1ccccc1. The molecule has 3 heteroatoms. The van der Waals surface area contributed by atoms with Crippen molar-refractivity contribution in [1.29, 1.82) is 0 Å². The quantitative estimate of drug-likeness (QED) is 0.551. The van der Waals surface area contributed by atoms with E-state index >= 15 is 0 Å². The molecule has 0 saturated heterocycles. The molecule has 0 fully saturated rings. The van der Waals surface area contributed by atoms with E-state index in [2.05, 4.69) is 36.5 Å². The van der Waals surface area contributed by atoms with E-state index in [0.717, 1.165) is 27.3 Å². The van der Waals surface area contributed by atoms with Crippen molar-refractivity contribution in [1.82, 2.24) is 5.32 Å². The first kappa shape index (κ1) is 16.4. The Hall–Kier alpha value is -3.07. The molecule has 0 unspecified atom stereocenters. The maximum Gasteiger partial charge on any atom is 0.224 e. The molecule has 1 N–H and O–H groups in total. The lowest BCUT2D eigenvalue weighted by atomic mass is 10.0. The second-order valence-electron chi connectivity index (χ2n) is 6.71. The highest BCUT2D eigenvalue weighted by Gasteiger charge is 2.14. The second-order valence-corrected chi connectivity index (χ2v) is 6.71. The van der Waals surface area contributed by atoms with E-state index in [0.29, 0.717) is 13.0 Å². The van der Waals surface area contributed by atoms with Crippen LogP contribution in [0.2, 0.25) is 0 Å². The molecule has 0 aliphatic heterocycles. The minimum Gasteiger partial charge on any atom is -0.464 e. The highest BCUT2D eigenvalue weighted by atomic mass is 16.3. The fourth-order valence-corrected chi connectivity index (χ4v) is 3.41. The standard InChI is InChI=1S/C23H21NO2/c1-16(17-7-3-2-4-8-17)14-24-22(25)13-19-15-26-21-12-11-18-9-5-6-10-20(18)23(19)21/h2-12,15-16H,13-14H2,1H3,(H,24,25)/t16-/m1/s1. The number of nitrogens with one attached hydrogen (secondary N) is 1. The molecule has 0 aliphatic rings. The molecule has 0 aliphatic carbocycles. The molecule has 3 aromatic carbocycles. The van der Waals surface area contributed by atoms with Crippen LogP contribution >= 0.6 is 0 Å². The van der Waals surface area contributed by atoms with Gasteiger partial charge in [0.25, 0.3) is 0 Å². The maximum atomic E-state index is 12.5. The average Bonchev–Trinajstić information content (AvgIpc) is 3.10. The lowest BCUT2D eigenvalue weighted by molar-refractivity contribution is -0.120. The van der Waals surface area contributed by atoms with Crippen LogP contribution in [0, 0.1) is 0 Å². The summed E-state index contributed by atoms with van der Waals surface area (Å²) >= 11 is 0. The van der Waals surface area contributed by atoms with Gasteiger partial charge in [0.2, 0.25) is 5.91 Å². The number of fused-ring (bicyclic) bond motifs is 3. The van der Waals surface area contributed by atoms with Crippen molar-refractivity contribution in [3.05, 3.63) is 84.1 Å². The Morgan fingerprint density at radius 2 is 1.77 bits per heavy atom. The summed E-state index contributed by atoms with van der Waals surface area (Å²) in [6.45, 7) is 2.75. The summed E-state index contributed by atoms with van der Waals surface area (Å²) in [6, 6.07) is 22.4. The molecule has 0 bridgehead atoms. The van der Waals surface area contributed by atoms with Crippen LogP contribution in [-0.4, -0.2) is 12.5 Å². The monoisotopic (exact) mass is 343 g/mol. The van der Waals surface area contributed by atoms with Gasteiger partial charge in [0.1, 0.15) is 5.58 Å². The van der Waals surface area contributed by atoms with Crippen LogP contribution in [0.15, 0.2) is 77.4 Å². The van der Waals surface area contributed by atoms with Gasteiger partial charge in [0.05, 0.1) is 12.7 Å². The van der Waals surface area contributed by atoms with Gasteiger partial charge in [0, 0.05) is 17.5 Å². The molecule has 0 saturated carbocycles. The van der Waals surface area contributed by atoms with Crippen molar-refractivity contribution < 1.29 is 9.21 Å². The van der Waals surface area contributed by atoms with Gasteiger partial charge in [-0.25, -0.2) is 0 Å². The summed E-state index contributed by atoms with van der Waals surface area (Å²) < 4.78 is 5.67. The fourth-order valence-electron chi connectivity index (χ4n) is 3.41. The van der Waals surface area contributed by atoms with Crippen LogP contribution < -0.4 is 5.32 Å². The van der Waals surface area contributed by atoms with Gasteiger partial charge in [-0.15, -0.1) is 0 Å². The largest absolute Gasteiger partial charge is 0.464 e. The van der Waals surface area contributed by atoms with E-state index in [9.17, 15) is 4.79 Å². The van der Waals surface area contributed by atoms with Gasteiger partial charge in [0.15, 0.2) is 0 Å². The van der Waals surface area contributed by atoms with Crippen molar-refractivity contribution in [2.75, 3.05) is 6.54 Å². The Balaban J connectivity index is 1.50. The first-order chi connectivity index (χ1) is 12.7. The van der Waals surface area contributed by atoms with Crippen LogP contribution in [-0.2, 0) is 11.2 Å². The molecule has 4 aromatic rings. The molecule has 1 amide bonds. The van der Waals surface area contributed by atoms with E-state index in [1.807, 2.05) is 42.5 Å².